The van der Waals surface area contributed by atoms with E-state index < -0.39 is 5.82 Å². The van der Waals surface area contributed by atoms with Gasteiger partial charge in [-0.15, -0.1) is 0 Å². The number of nitrogens with zero attached hydrogens (tertiary/aromatic N) is 2. The molecule has 6 nitrogen and oxygen atoms in total. The number of allylic oxidation sites excluding steroid dienone is 2. The lowest BCUT2D eigenvalue weighted by atomic mass is 10.1. The van der Waals surface area contributed by atoms with Crippen molar-refractivity contribution < 1.29 is 9.18 Å². The molecule has 1 aliphatic rings. The maximum atomic E-state index is 13.1. The van der Waals surface area contributed by atoms with Crippen LogP contribution in [0, 0.1) is 17.1 Å². The van der Waals surface area contributed by atoms with Crippen LogP contribution in [-0.4, -0.2) is 10.3 Å². The first kappa shape index (κ1) is 18.3. The predicted molar refractivity (Wildman–Crippen MR) is 111 cm³/mol. The van der Waals surface area contributed by atoms with Gasteiger partial charge in [-0.1, -0.05) is 12.2 Å². The number of carbonyl (C=O) groups excluding carboxylic acids is 1. The number of rotatable bonds is 2. The molecule has 0 spiro atoms. The smallest absolute Gasteiger partial charge is 0.255 e. The second-order valence-electron chi connectivity index (χ2n) is 6.50. The summed E-state index contributed by atoms with van der Waals surface area (Å²) in [5.74, 6) is 0.000822. The molecule has 1 aromatic carbocycles. The predicted octanol–water partition coefficient (Wildman–Crippen LogP) is 4.85. The topological polar surface area (TPSA) is 81.4 Å². The van der Waals surface area contributed by atoms with Gasteiger partial charge in [0, 0.05) is 17.4 Å². The molecule has 4 rings (SSSR count). The number of hydrogen-bond donors (Lipinski definition) is 3. The van der Waals surface area contributed by atoms with E-state index in [1.807, 2.05) is 30.4 Å². The van der Waals surface area contributed by atoms with Gasteiger partial charge in [0.2, 0.25) is 0 Å². The van der Waals surface area contributed by atoms with Crippen molar-refractivity contribution >= 4 is 28.6 Å². The minimum atomic E-state index is -0.401. The number of nitrogens with one attached hydrogen (secondary N) is 3. The Kier molecular flexibility index (Phi) is 4.53. The summed E-state index contributed by atoms with van der Waals surface area (Å²) in [6, 6.07) is 11.1. The number of anilines is 3. The van der Waals surface area contributed by atoms with E-state index in [0.717, 1.165) is 17.2 Å². The molecule has 1 amide bonds. The number of nitriles is 1. The van der Waals surface area contributed by atoms with Crippen molar-refractivity contribution in [3.05, 3.63) is 83.1 Å². The third kappa shape index (κ3) is 3.11. The number of hydrogen-bond acceptors (Lipinski definition) is 4. The molecule has 3 heterocycles. The van der Waals surface area contributed by atoms with Crippen LogP contribution in [0.15, 0.2) is 66.1 Å². The first-order chi connectivity index (χ1) is 14.0. The van der Waals surface area contributed by atoms with E-state index in [2.05, 4.69) is 22.0 Å². The largest absolute Gasteiger partial charge is 0.350 e. The molecule has 0 unspecified atom stereocenters. The monoisotopic (exact) mass is 387 g/mol. The quantitative estimate of drug-likeness (QED) is 0.587. The Morgan fingerprint density at radius 2 is 1.83 bits per heavy atom. The van der Waals surface area contributed by atoms with Gasteiger partial charge in [-0.3, -0.25) is 4.79 Å². The standard InChI is InChI=1S/C22H18FN5O/c1-3-17-18(4-2)27-21-20(26-17)16(12-24)19-11-15(9-10-28(19)21)25-22(29)13-5-7-14(23)8-6-13/h3-11,26-27H,1-2H3,(H,25,29). The van der Waals surface area contributed by atoms with Crippen LogP contribution in [0.4, 0.5) is 21.6 Å². The van der Waals surface area contributed by atoms with E-state index in [1.54, 1.807) is 18.3 Å². The maximum absolute atomic E-state index is 13.1. The molecule has 0 atom stereocenters. The van der Waals surface area contributed by atoms with Gasteiger partial charge in [0.15, 0.2) is 0 Å². The average molecular weight is 387 g/mol. The summed E-state index contributed by atoms with van der Waals surface area (Å²) in [6.45, 7) is 3.85. The van der Waals surface area contributed by atoms with Crippen LogP contribution in [0.2, 0.25) is 0 Å². The van der Waals surface area contributed by atoms with Gasteiger partial charge in [0.1, 0.15) is 29.0 Å². The number of carbonyl (C=O) groups is 1. The molecular weight excluding hydrogens is 369 g/mol. The molecule has 144 valence electrons. The van der Waals surface area contributed by atoms with E-state index in [4.69, 9.17) is 0 Å². The third-order valence-electron chi connectivity index (χ3n) is 4.80. The lowest BCUT2D eigenvalue weighted by molar-refractivity contribution is 0.102. The minimum absolute atomic E-state index is 0.347. The zero-order valence-electron chi connectivity index (χ0n) is 15.9. The fourth-order valence-electron chi connectivity index (χ4n) is 3.35. The van der Waals surface area contributed by atoms with Crippen LogP contribution < -0.4 is 16.0 Å². The van der Waals surface area contributed by atoms with Crippen molar-refractivity contribution in [3.8, 4) is 6.07 Å². The number of amides is 1. The van der Waals surface area contributed by atoms with Crippen molar-refractivity contribution in [1.82, 2.24) is 4.40 Å². The number of pyridine rings is 1. The Hall–Kier alpha value is -4.05. The van der Waals surface area contributed by atoms with Crippen molar-refractivity contribution in [2.75, 3.05) is 16.0 Å². The van der Waals surface area contributed by atoms with Crippen molar-refractivity contribution in [2.45, 2.75) is 13.8 Å². The lowest BCUT2D eigenvalue weighted by Gasteiger charge is -2.23. The lowest BCUT2D eigenvalue weighted by Crippen LogP contribution is -2.17. The van der Waals surface area contributed by atoms with Crippen LogP contribution in [0.25, 0.3) is 5.52 Å². The number of halogens is 1. The molecule has 29 heavy (non-hydrogen) atoms. The Morgan fingerprint density at radius 3 is 2.48 bits per heavy atom. The van der Waals surface area contributed by atoms with Gasteiger partial charge in [0.25, 0.3) is 5.91 Å². The second kappa shape index (κ2) is 7.17. The van der Waals surface area contributed by atoms with Gasteiger partial charge in [-0.05, 0) is 50.2 Å². The molecule has 1 aliphatic heterocycles. The van der Waals surface area contributed by atoms with Gasteiger partial charge in [-0.2, -0.15) is 5.26 Å². The van der Waals surface area contributed by atoms with E-state index in [9.17, 15) is 14.4 Å². The molecule has 2 aromatic heterocycles. The highest BCUT2D eigenvalue weighted by Crippen LogP contribution is 2.39. The van der Waals surface area contributed by atoms with E-state index in [-0.39, 0.29) is 5.91 Å². The summed E-state index contributed by atoms with van der Waals surface area (Å²) in [4.78, 5) is 12.4. The van der Waals surface area contributed by atoms with Crippen molar-refractivity contribution in [1.29, 1.82) is 5.26 Å². The SMILES string of the molecule is CC=C1Nc2c(C#N)c3cc(NC(=O)c4ccc(F)cc4)ccn3c2NC1=CC. The minimum Gasteiger partial charge on any atom is -0.350 e. The van der Waals surface area contributed by atoms with Gasteiger partial charge in [0.05, 0.1) is 16.9 Å². The normalized spacial score (nSPS) is 15.5. The van der Waals surface area contributed by atoms with Crippen LogP contribution >= 0.6 is 0 Å². The van der Waals surface area contributed by atoms with Gasteiger partial charge in [-0.25, -0.2) is 4.39 Å². The van der Waals surface area contributed by atoms with E-state index >= 15 is 0 Å². The Bertz CT molecular complexity index is 1230. The highest BCUT2D eigenvalue weighted by atomic mass is 19.1. The molecule has 0 saturated carbocycles. The van der Waals surface area contributed by atoms with Crippen molar-refractivity contribution in [3.63, 3.8) is 0 Å². The van der Waals surface area contributed by atoms with Gasteiger partial charge >= 0.3 is 0 Å². The molecule has 0 saturated heterocycles. The molecule has 3 aromatic rings. The molecule has 0 fully saturated rings. The first-order valence-corrected chi connectivity index (χ1v) is 9.07. The molecule has 7 heteroatoms. The molecule has 3 N–H and O–H groups in total. The highest BCUT2D eigenvalue weighted by Gasteiger charge is 2.25. The Labute approximate surface area is 167 Å². The van der Waals surface area contributed by atoms with Crippen molar-refractivity contribution in [2.24, 2.45) is 0 Å². The Balaban J connectivity index is 1.75. The maximum Gasteiger partial charge on any atom is 0.255 e. The third-order valence-corrected chi connectivity index (χ3v) is 4.80. The summed E-state index contributed by atoms with van der Waals surface area (Å²) in [7, 11) is 0. The van der Waals surface area contributed by atoms with Crippen LogP contribution in [0.1, 0.15) is 29.8 Å². The summed E-state index contributed by atoms with van der Waals surface area (Å²) >= 11 is 0. The summed E-state index contributed by atoms with van der Waals surface area (Å²) in [6.07, 6.45) is 5.68. The number of benzene rings is 1. The highest BCUT2D eigenvalue weighted by molar-refractivity contribution is 6.04. The Morgan fingerprint density at radius 1 is 1.14 bits per heavy atom. The van der Waals surface area contributed by atoms with Crippen LogP contribution in [-0.2, 0) is 0 Å². The van der Waals surface area contributed by atoms with E-state index in [1.165, 1.54) is 24.3 Å². The molecule has 0 aliphatic carbocycles. The fraction of sp³-hybridized carbons (Fsp3) is 0.0909. The average Bonchev–Trinajstić information content (AvgIpc) is 3.04. The number of aromatic nitrogens is 1. The second-order valence-corrected chi connectivity index (χ2v) is 6.50. The zero-order valence-corrected chi connectivity index (χ0v) is 15.9. The molecular formula is C22H18FN5O. The zero-order chi connectivity index (χ0) is 20.5. The van der Waals surface area contributed by atoms with Crippen LogP contribution in [0.3, 0.4) is 0 Å². The summed E-state index contributed by atoms with van der Waals surface area (Å²) < 4.78 is 14.9. The number of fused-ring (bicyclic) bond motifs is 3. The molecule has 0 radical (unpaired) electrons. The fourth-order valence-corrected chi connectivity index (χ4v) is 3.35. The van der Waals surface area contributed by atoms with Crippen LogP contribution in [0.5, 0.6) is 0 Å². The summed E-state index contributed by atoms with van der Waals surface area (Å²) in [5.41, 5.74) is 4.50. The summed E-state index contributed by atoms with van der Waals surface area (Å²) in [5, 5.41) is 19.2. The van der Waals surface area contributed by atoms with Gasteiger partial charge < -0.3 is 20.4 Å². The first-order valence-electron chi connectivity index (χ1n) is 9.07. The molecule has 0 bridgehead atoms. The van der Waals surface area contributed by atoms with E-state index in [0.29, 0.717) is 28.0 Å².